The highest BCUT2D eigenvalue weighted by Crippen LogP contribution is 2.21. The molecule has 104 valence electrons. The largest absolute Gasteiger partial charge is 0.353 e. The van der Waals surface area contributed by atoms with Gasteiger partial charge in [0, 0.05) is 6.04 Å². The standard InChI is InChI=1S/C13H23NO3S/c15-13(11-8-9-18(16,17)10-11)14-12-6-4-2-1-3-5-7-12/h11-12H,1-10H2,(H,14,15). The number of amides is 1. The van der Waals surface area contributed by atoms with Crippen LogP contribution in [0.5, 0.6) is 0 Å². The van der Waals surface area contributed by atoms with Gasteiger partial charge in [-0.15, -0.1) is 0 Å². The highest BCUT2D eigenvalue weighted by Gasteiger charge is 2.33. The van der Waals surface area contributed by atoms with Gasteiger partial charge in [0.05, 0.1) is 17.4 Å². The summed E-state index contributed by atoms with van der Waals surface area (Å²) in [5.74, 6) is -0.122. The molecular weight excluding hydrogens is 250 g/mol. The van der Waals surface area contributed by atoms with Crippen LogP contribution in [0.1, 0.15) is 51.4 Å². The number of nitrogens with one attached hydrogen (secondary N) is 1. The Morgan fingerprint density at radius 2 is 1.56 bits per heavy atom. The fourth-order valence-corrected chi connectivity index (χ4v) is 4.66. The maximum absolute atomic E-state index is 12.0. The predicted molar refractivity (Wildman–Crippen MR) is 71.0 cm³/mol. The van der Waals surface area contributed by atoms with E-state index in [1.165, 1.54) is 32.1 Å². The van der Waals surface area contributed by atoms with Gasteiger partial charge in [-0.1, -0.05) is 32.1 Å². The third kappa shape index (κ3) is 3.97. The highest BCUT2D eigenvalue weighted by atomic mass is 32.2. The van der Waals surface area contributed by atoms with Gasteiger partial charge in [-0.25, -0.2) is 8.42 Å². The predicted octanol–water partition coefficient (Wildman–Crippen LogP) is 1.65. The topological polar surface area (TPSA) is 63.2 Å². The third-order valence-corrected chi connectivity index (χ3v) is 5.82. The van der Waals surface area contributed by atoms with Crippen LogP contribution >= 0.6 is 0 Å². The lowest BCUT2D eigenvalue weighted by Crippen LogP contribution is -2.39. The molecule has 0 radical (unpaired) electrons. The molecule has 1 saturated carbocycles. The van der Waals surface area contributed by atoms with Gasteiger partial charge in [-0.3, -0.25) is 4.79 Å². The molecule has 2 aliphatic rings. The summed E-state index contributed by atoms with van der Waals surface area (Å²) in [4.78, 5) is 12.0. The zero-order chi connectivity index (χ0) is 13.0. The van der Waals surface area contributed by atoms with Gasteiger partial charge in [0.1, 0.15) is 0 Å². The number of hydrogen-bond acceptors (Lipinski definition) is 3. The molecule has 1 amide bonds. The molecule has 5 heteroatoms. The lowest BCUT2D eigenvalue weighted by Gasteiger charge is -2.22. The monoisotopic (exact) mass is 273 g/mol. The Labute approximate surface area is 109 Å². The molecule has 18 heavy (non-hydrogen) atoms. The summed E-state index contributed by atoms with van der Waals surface area (Å²) in [6, 6.07) is 0.265. The van der Waals surface area contributed by atoms with Crippen molar-refractivity contribution in [3.8, 4) is 0 Å². The Hall–Kier alpha value is -0.580. The van der Waals surface area contributed by atoms with Crippen molar-refractivity contribution in [3.63, 3.8) is 0 Å². The fraction of sp³-hybridized carbons (Fsp3) is 0.923. The second kappa shape index (κ2) is 6.04. The van der Waals surface area contributed by atoms with Crippen LogP contribution in [0.4, 0.5) is 0 Å². The second-order valence-corrected chi connectivity index (χ2v) is 7.88. The van der Waals surface area contributed by atoms with Crippen molar-refractivity contribution in [2.45, 2.75) is 57.4 Å². The minimum Gasteiger partial charge on any atom is -0.353 e. The van der Waals surface area contributed by atoms with Crippen molar-refractivity contribution >= 4 is 15.7 Å². The van der Waals surface area contributed by atoms with Crippen LogP contribution in [-0.2, 0) is 14.6 Å². The molecule has 1 aliphatic carbocycles. The number of sulfone groups is 1. The SMILES string of the molecule is O=C(NC1CCCCCCC1)C1CCS(=O)(=O)C1. The molecule has 0 bridgehead atoms. The van der Waals surface area contributed by atoms with E-state index in [1.807, 2.05) is 0 Å². The van der Waals surface area contributed by atoms with Crippen LogP contribution < -0.4 is 5.32 Å². The first-order valence-corrected chi connectivity index (χ1v) is 8.90. The lowest BCUT2D eigenvalue weighted by molar-refractivity contribution is -0.125. The van der Waals surface area contributed by atoms with Gasteiger partial charge in [-0.2, -0.15) is 0 Å². The Balaban J connectivity index is 1.82. The van der Waals surface area contributed by atoms with Crippen molar-refractivity contribution in [2.24, 2.45) is 5.92 Å². The molecular formula is C13H23NO3S. The molecule has 1 N–H and O–H groups in total. The van der Waals surface area contributed by atoms with Crippen LogP contribution in [0.2, 0.25) is 0 Å². The molecule has 0 aromatic rings. The molecule has 2 fully saturated rings. The first-order valence-electron chi connectivity index (χ1n) is 7.08. The number of carbonyl (C=O) groups excluding carboxylic acids is 1. The Kier molecular flexibility index (Phi) is 4.65. The maximum atomic E-state index is 12.0. The summed E-state index contributed by atoms with van der Waals surface area (Å²) >= 11 is 0. The van der Waals surface area contributed by atoms with Crippen LogP contribution in [0, 0.1) is 5.92 Å². The van der Waals surface area contributed by atoms with E-state index in [0.717, 1.165) is 12.8 Å². The maximum Gasteiger partial charge on any atom is 0.224 e. The zero-order valence-corrected chi connectivity index (χ0v) is 11.7. The summed E-state index contributed by atoms with van der Waals surface area (Å²) < 4.78 is 22.7. The van der Waals surface area contributed by atoms with Gasteiger partial charge in [0.25, 0.3) is 0 Å². The van der Waals surface area contributed by atoms with Gasteiger partial charge in [0.15, 0.2) is 9.84 Å². The average Bonchev–Trinajstić information content (AvgIpc) is 2.62. The summed E-state index contributed by atoms with van der Waals surface area (Å²) in [6.45, 7) is 0. The van der Waals surface area contributed by atoms with Gasteiger partial charge in [-0.05, 0) is 19.3 Å². The molecule has 1 heterocycles. The molecule has 1 aliphatic heterocycles. The quantitative estimate of drug-likeness (QED) is 0.832. The average molecular weight is 273 g/mol. The van der Waals surface area contributed by atoms with E-state index in [2.05, 4.69) is 5.32 Å². The fourth-order valence-electron chi connectivity index (χ4n) is 2.92. The van der Waals surface area contributed by atoms with Crippen LogP contribution in [-0.4, -0.2) is 31.9 Å². The van der Waals surface area contributed by atoms with E-state index in [0.29, 0.717) is 6.42 Å². The number of rotatable bonds is 2. The van der Waals surface area contributed by atoms with E-state index in [1.54, 1.807) is 0 Å². The summed E-state index contributed by atoms with van der Waals surface area (Å²) in [5.41, 5.74) is 0. The van der Waals surface area contributed by atoms with Crippen molar-refractivity contribution in [3.05, 3.63) is 0 Å². The van der Waals surface area contributed by atoms with E-state index < -0.39 is 9.84 Å². The molecule has 1 atom stereocenters. The van der Waals surface area contributed by atoms with Crippen molar-refractivity contribution in [1.82, 2.24) is 5.32 Å². The number of carbonyl (C=O) groups is 1. The second-order valence-electron chi connectivity index (χ2n) is 5.65. The van der Waals surface area contributed by atoms with Crippen LogP contribution in [0.25, 0.3) is 0 Å². The number of hydrogen-bond donors (Lipinski definition) is 1. The van der Waals surface area contributed by atoms with Gasteiger partial charge >= 0.3 is 0 Å². The molecule has 1 unspecified atom stereocenters. The molecule has 4 nitrogen and oxygen atoms in total. The first kappa shape index (κ1) is 13.8. The Morgan fingerprint density at radius 1 is 0.944 bits per heavy atom. The molecule has 1 saturated heterocycles. The highest BCUT2D eigenvalue weighted by molar-refractivity contribution is 7.91. The molecule has 0 aromatic heterocycles. The minimum atomic E-state index is -2.96. The lowest BCUT2D eigenvalue weighted by atomic mass is 9.96. The van der Waals surface area contributed by atoms with E-state index in [4.69, 9.17) is 0 Å². The Morgan fingerprint density at radius 3 is 2.11 bits per heavy atom. The van der Waals surface area contributed by atoms with Crippen LogP contribution in [0.15, 0.2) is 0 Å². The van der Waals surface area contributed by atoms with E-state index >= 15 is 0 Å². The summed E-state index contributed by atoms with van der Waals surface area (Å²) in [7, 11) is -2.96. The first-order chi connectivity index (χ1) is 8.57. The van der Waals surface area contributed by atoms with E-state index in [-0.39, 0.29) is 29.4 Å². The smallest absolute Gasteiger partial charge is 0.224 e. The Bertz CT molecular complexity index is 383. The van der Waals surface area contributed by atoms with Gasteiger partial charge in [0.2, 0.25) is 5.91 Å². The normalized spacial score (nSPS) is 29.4. The van der Waals surface area contributed by atoms with E-state index in [9.17, 15) is 13.2 Å². The van der Waals surface area contributed by atoms with Crippen LogP contribution in [0.3, 0.4) is 0 Å². The summed E-state index contributed by atoms with van der Waals surface area (Å²) in [6.07, 6.45) is 8.76. The van der Waals surface area contributed by atoms with Crippen molar-refractivity contribution < 1.29 is 13.2 Å². The van der Waals surface area contributed by atoms with Gasteiger partial charge < -0.3 is 5.32 Å². The third-order valence-electron chi connectivity index (χ3n) is 4.05. The minimum absolute atomic E-state index is 0.0401. The molecule has 0 spiro atoms. The van der Waals surface area contributed by atoms with Crippen molar-refractivity contribution in [1.29, 1.82) is 0 Å². The van der Waals surface area contributed by atoms with Crippen molar-refractivity contribution in [2.75, 3.05) is 11.5 Å². The summed E-state index contributed by atoms with van der Waals surface area (Å²) in [5, 5.41) is 3.06. The zero-order valence-electron chi connectivity index (χ0n) is 10.9. The molecule has 0 aromatic carbocycles. The molecule has 2 rings (SSSR count).